The molecule has 13 nitrogen and oxygen atoms in total. The van der Waals surface area contributed by atoms with Crippen molar-refractivity contribution in [2.45, 2.75) is 70.0 Å². The summed E-state index contributed by atoms with van der Waals surface area (Å²) in [5.74, 6) is -0.345. The minimum Gasteiger partial charge on any atom is -0.384 e. The van der Waals surface area contributed by atoms with Crippen LogP contribution in [-0.4, -0.2) is 71.4 Å². The van der Waals surface area contributed by atoms with Crippen LogP contribution in [0.25, 0.3) is 16.8 Å². The van der Waals surface area contributed by atoms with Crippen LogP contribution in [0, 0.1) is 6.92 Å². The maximum atomic E-state index is 13.4. The summed E-state index contributed by atoms with van der Waals surface area (Å²) in [5, 5.41) is 19.9. The number of imide groups is 2. The van der Waals surface area contributed by atoms with Gasteiger partial charge in [0.05, 0.1) is 28.7 Å². The molecule has 5 heterocycles. The van der Waals surface area contributed by atoms with Gasteiger partial charge in [-0.1, -0.05) is 35.9 Å². The topological polar surface area (TPSA) is 156 Å². The summed E-state index contributed by atoms with van der Waals surface area (Å²) in [6.45, 7) is 3.32. The highest BCUT2D eigenvalue weighted by Gasteiger charge is 2.51. The van der Waals surface area contributed by atoms with Crippen molar-refractivity contribution in [2.24, 2.45) is 4.99 Å². The lowest BCUT2D eigenvalue weighted by Gasteiger charge is -2.27. The van der Waals surface area contributed by atoms with Gasteiger partial charge in [0.2, 0.25) is 11.8 Å². The molecule has 3 aromatic carbocycles. The number of hydrogen-bond donors (Lipinski definition) is 2. The Kier molecular flexibility index (Phi) is 8.26. The molecule has 1 aliphatic carbocycles. The molecular weight excluding hydrogens is 706 g/mol. The summed E-state index contributed by atoms with van der Waals surface area (Å²) in [4.78, 5) is 56.9. The molecule has 2 aromatic heterocycles. The molecule has 0 radical (unpaired) electrons. The Labute approximate surface area is 315 Å². The Morgan fingerprint density at radius 3 is 2.52 bits per heavy atom. The molecule has 9 rings (SSSR count). The number of carbonyl (C=O) groups is 4. The van der Waals surface area contributed by atoms with Crippen LogP contribution in [0.1, 0.15) is 88.4 Å². The second-order valence-corrected chi connectivity index (χ2v) is 14.7. The smallest absolute Gasteiger partial charge is 0.264 e. The maximum absolute atomic E-state index is 13.4. The van der Waals surface area contributed by atoms with Crippen LogP contribution >= 0.6 is 11.6 Å². The minimum absolute atomic E-state index is 0.0794. The number of hydrogen-bond acceptors (Lipinski definition) is 9. The van der Waals surface area contributed by atoms with E-state index in [2.05, 4.69) is 54.9 Å². The minimum atomic E-state index is -0.995. The lowest BCUT2D eigenvalue weighted by Crippen LogP contribution is -2.54. The highest BCUT2D eigenvalue weighted by molar-refractivity contribution is 6.30. The zero-order valence-electron chi connectivity index (χ0n) is 29.5. The average Bonchev–Trinajstić information content (AvgIpc) is 3.51. The Bertz CT molecular complexity index is 2410. The number of nitrogens with zero attached hydrogens (tertiary/aromatic N) is 7. The van der Waals surface area contributed by atoms with Gasteiger partial charge in [-0.25, -0.2) is 0 Å². The van der Waals surface area contributed by atoms with Crippen molar-refractivity contribution in [1.82, 2.24) is 34.8 Å². The first-order chi connectivity index (χ1) is 26.2. The predicted octanol–water partition coefficient (Wildman–Crippen LogP) is 5.62. The Morgan fingerprint density at radius 1 is 0.907 bits per heavy atom. The summed E-state index contributed by atoms with van der Waals surface area (Å²) >= 11 is 6.27. The molecule has 1 saturated carbocycles. The fourth-order valence-corrected chi connectivity index (χ4v) is 7.88. The first kappa shape index (κ1) is 33.9. The molecule has 0 bridgehead atoms. The van der Waals surface area contributed by atoms with Gasteiger partial charge in [0.1, 0.15) is 17.4 Å². The van der Waals surface area contributed by atoms with Gasteiger partial charge in [0.15, 0.2) is 5.82 Å². The lowest BCUT2D eigenvalue weighted by molar-refractivity contribution is -0.136. The number of amides is 4. The number of piperidine rings is 1. The predicted molar refractivity (Wildman–Crippen MR) is 201 cm³/mol. The van der Waals surface area contributed by atoms with Crippen molar-refractivity contribution in [3.8, 4) is 16.8 Å². The van der Waals surface area contributed by atoms with E-state index in [1.54, 1.807) is 18.2 Å². The van der Waals surface area contributed by atoms with Gasteiger partial charge in [-0.15, -0.1) is 10.2 Å². The number of rotatable bonds is 10. The summed E-state index contributed by atoms with van der Waals surface area (Å²) in [6.07, 6.45) is 8.64. The molecule has 3 aliphatic heterocycles. The monoisotopic (exact) mass is 741 g/mol. The zero-order valence-corrected chi connectivity index (χ0v) is 30.3. The molecule has 1 atom stereocenters. The molecule has 4 aliphatic rings. The number of halogens is 1. The van der Waals surface area contributed by atoms with Gasteiger partial charge in [0, 0.05) is 53.1 Å². The zero-order chi connectivity index (χ0) is 37.1. The van der Waals surface area contributed by atoms with Crippen molar-refractivity contribution in [1.29, 1.82) is 0 Å². The van der Waals surface area contributed by atoms with Crippen LogP contribution < -0.4 is 10.6 Å². The van der Waals surface area contributed by atoms with E-state index >= 15 is 0 Å². The van der Waals surface area contributed by atoms with E-state index < -0.39 is 29.7 Å². The number of carbonyl (C=O) groups excluding carboxylic acids is 4. The van der Waals surface area contributed by atoms with Crippen molar-refractivity contribution in [3.63, 3.8) is 0 Å². The number of aryl methyl sites for hydroxylation is 2. The first-order valence-corrected chi connectivity index (χ1v) is 18.6. The van der Waals surface area contributed by atoms with E-state index in [0.717, 1.165) is 88.9 Å². The third-order valence-electron chi connectivity index (χ3n) is 10.7. The second kappa shape index (κ2) is 13.2. The highest BCUT2D eigenvalue weighted by atomic mass is 35.5. The van der Waals surface area contributed by atoms with Gasteiger partial charge in [-0.05, 0) is 87.4 Å². The van der Waals surface area contributed by atoms with Crippen LogP contribution in [0.15, 0.2) is 78.0 Å². The number of benzene rings is 3. The number of fused-ring (bicyclic) bond motifs is 5. The normalized spacial score (nSPS) is 18.2. The Balaban J connectivity index is 0.855. The summed E-state index contributed by atoms with van der Waals surface area (Å²) in [6, 6.07) is 18.4. The quantitative estimate of drug-likeness (QED) is 0.138. The van der Waals surface area contributed by atoms with Gasteiger partial charge >= 0.3 is 0 Å². The van der Waals surface area contributed by atoms with Gasteiger partial charge in [-0.2, -0.15) is 5.10 Å². The standard InChI is InChI=1S/C40H36ClN9O4/c1-23-46-47-39-40(16-17-40)45-35(24-8-11-27(41)12-9-24)29-20-25(10-13-31(29)49(23)39)26-21-43-48(22-26)19-4-2-3-18-42-30-7-5-6-28-34(30)38(54)50(37(28)53)32-14-15-33(51)44-36(32)52/h5-13,20-22,32,42H,2-4,14-19H2,1H3,(H,44,51,52). The fourth-order valence-electron chi connectivity index (χ4n) is 7.75. The van der Waals surface area contributed by atoms with E-state index in [9.17, 15) is 19.2 Å². The summed E-state index contributed by atoms with van der Waals surface area (Å²) < 4.78 is 4.11. The lowest BCUT2D eigenvalue weighted by atomic mass is 9.96. The van der Waals surface area contributed by atoms with E-state index in [4.69, 9.17) is 16.6 Å². The molecule has 1 saturated heterocycles. The molecule has 14 heteroatoms. The molecule has 2 fully saturated rings. The number of nitrogens with one attached hydrogen (secondary N) is 2. The van der Waals surface area contributed by atoms with Crippen molar-refractivity contribution >= 4 is 46.6 Å². The first-order valence-electron chi connectivity index (χ1n) is 18.3. The molecule has 272 valence electrons. The van der Waals surface area contributed by atoms with Gasteiger partial charge in [-0.3, -0.25) is 43.6 Å². The molecule has 54 heavy (non-hydrogen) atoms. The Hall–Kier alpha value is -5.95. The summed E-state index contributed by atoms with van der Waals surface area (Å²) in [7, 11) is 0. The molecule has 5 aromatic rings. The van der Waals surface area contributed by atoms with Crippen LogP contribution in [-0.2, 0) is 21.7 Å². The third-order valence-corrected chi connectivity index (χ3v) is 11.0. The van der Waals surface area contributed by atoms with E-state index in [-0.39, 0.29) is 29.5 Å². The number of aromatic nitrogens is 5. The Morgan fingerprint density at radius 2 is 1.72 bits per heavy atom. The van der Waals surface area contributed by atoms with Crippen molar-refractivity contribution in [3.05, 3.63) is 112 Å². The van der Waals surface area contributed by atoms with E-state index in [1.165, 1.54) is 0 Å². The molecule has 1 spiro atoms. The molecular formula is C40H36ClN9O4. The van der Waals surface area contributed by atoms with Crippen LogP contribution in [0.4, 0.5) is 5.69 Å². The van der Waals surface area contributed by atoms with Crippen LogP contribution in [0.3, 0.4) is 0 Å². The van der Waals surface area contributed by atoms with E-state index in [0.29, 0.717) is 17.3 Å². The maximum Gasteiger partial charge on any atom is 0.264 e. The average molecular weight is 742 g/mol. The van der Waals surface area contributed by atoms with E-state index in [1.807, 2.05) is 42.1 Å². The second-order valence-electron chi connectivity index (χ2n) is 14.3. The third kappa shape index (κ3) is 5.79. The molecule has 2 N–H and O–H groups in total. The molecule has 4 amide bonds. The highest BCUT2D eigenvalue weighted by Crippen LogP contribution is 2.52. The number of anilines is 1. The van der Waals surface area contributed by atoms with Crippen molar-refractivity contribution < 1.29 is 19.2 Å². The summed E-state index contributed by atoms with van der Waals surface area (Å²) in [5.41, 5.74) is 6.65. The fraction of sp³-hybridized carbons (Fsp3) is 0.300. The van der Waals surface area contributed by atoms with Gasteiger partial charge in [0.25, 0.3) is 11.8 Å². The van der Waals surface area contributed by atoms with Gasteiger partial charge < -0.3 is 5.32 Å². The van der Waals surface area contributed by atoms with Crippen molar-refractivity contribution in [2.75, 3.05) is 11.9 Å². The SMILES string of the molecule is Cc1nnc2n1-c1ccc(-c3cnn(CCCCCNc4cccc5c4C(=O)N(C4CCC(=O)NC4=O)C5=O)c3)cc1C(c1ccc(Cl)cc1)=NC21CC1. The van der Waals surface area contributed by atoms with Crippen LogP contribution in [0.2, 0.25) is 5.02 Å². The number of unbranched alkanes of at least 4 members (excludes halogenated alkanes) is 2. The molecule has 1 unspecified atom stereocenters. The largest absolute Gasteiger partial charge is 0.384 e. The van der Waals surface area contributed by atoms with Crippen LogP contribution in [0.5, 0.6) is 0 Å². The number of aliphatic imine (C=N–C) groups is 1.